The summed E-state index contributed by atoms with van der Waals surface area (Å²) in [5.74, 6) is -4.16. The molecule has 1 saturated heterocycles. The molecule has 2 aromatic heterocycles. The largest absolute Gasteiger partial charge is 0.477 e. The van der Waals surface area contributed by atoms with Gasteiger partial charge >= 0.3 is 5.97 Å². The summed E-state index contributed by atoms with van der Waals surface area (Å²) in [6.45, 7) is 1.04. The van der Waals surface area contributed by atoms with Gasteiger partial charge in [0, 0.05) is 31.4 Å². The van der Waals surface area contributed by atoms with Gasteiger partial charge in [-0.15, -0.1) is 0 Å². The van der Waals surface area contributed by atoms with Crippen LogP contribution in [0.5, 0.6) is 0 Å². The molecular weight excluding hydrogens is 425 g/mol. The van der Waals surface area contributed by atoms with Gasteiger partial charge in [-0.2, -0.15) is 0 Å². The summed E-state index contributed by atoms with van der Waals surface area (Å²) in [7, 11) is 0. The molecule has 5 rings (SSSR count). The van der Waals surface area contributed by atoms with Crippen LogP contribution in [0, 0.1) is 22.9 Å². The lowest BCUT2D eigenvalue weighted by Crippen LogP contribution is -2.37. The van der Waals surface area contributed by atoms with E-state index in [1.807, 2.05) is 0 Å². The second-order valence-electron chi connectivity index (χ2n) is 8.47. The van der Waals surface area contributed by atoms with E-state index in [4.69, 9.17) is 5.73 Å². The molecule has 7 nitrogen and oxygen atoms in total. The van der Waals surface area contributed by atoms with Gasteiger partial charge in [0.15, 0.2) is 17.3 Å². The van der Waals surface area contributed by atoms with E-state index < -0.39 is 34.4 Å². The summed E-state index contributed by atoms with van der Waals surface area (Å²) in [4.78, 5) is 30.3. The first-order valence-electron chi connectivity index (χ1n) is 10.2. The predicted octanol–water partition coefficient (Wildman–Crippen LogP) is 2.82. The fraction of sp³-hybridized carbons (Fsp3) is 0.318. The van der Waals surface area contributed by atoms with Crippen LogP contribution in [0.4, 0.5) is 19.0 Å². The Morgan fingerprint density at radius 1 is 1.16 bits per heavy atom. The predicted molar refractivity (Wildman–Crippen MR) is 111 cm³/mol. The third kappa shape index (κ3) is 3.13. The zero-order chi connectivity index (χ0) is 22.8. The second kappa shape index (κ2) is 7.06. The number of carboxylic acid groups (broad SMARTS) is 1. The minimum absolute atomic E-state index is 0.0136. The SMILES string of the molecule is NC1CC12CCN(c1nc3c(cc1F)c(=O)c(C(=O)O)cn3-c1ccc(F)cc1F)CC2. The third-order valence-electron chi connectivity index (χ3n) is 6.62. The number of carboxylic acids is 1. The van der Waals surface area contributed by atoms with E-state index in [1.54, 1.807) is 4.90 Å². The van der Waals surface area contributed by atoms with Crippen molar-refractivity contribution in [1.82, 2.24) is 9.55 Å². The van der Waals surface area contributed by atoms with Crippen LogP contribution in [0.1, 0.15) is 29.6 Å². The monoisotopic (exact) mass is 444 g/mol. The molecule has 166 valence electrons. The van der Waals surface area contributed by atoms with Crippen LogP contribution in [-0.2, 0) is 0 Å². The van der Waals surface area contributed by atoms with Crippen molar-refractivity contribution in [3.05, 3.63) is 63.7 Å². The molecule has 0 radical (unpaired) electrons. The Labute approximate surface area is 179 Å². The zero-order valence-corrected chi connectivity index (χ0v) is 16.8. The molecule has 1 atom stereocenters. The topological polar surface area (TPSA) is 101 Å². The molecule has 2 aliphatic rings. The minimum atomic E-state index is -1.56. The van der Waals surface area contributed by atoms with Crippen molar-refractivity contribution in [3.8, 4) is 5.69 Å². The highest BCUT2D eigenvalue weighted by Gasteiger charge is 2.52. The number of aromatic nitrogens is 2. The van der Waals surface area contributed by atoms with Crippen molar-refractivity contribution in [2.75, 3.05) is 18.0 Å². The first-order chi connectivity index (χ1) is 15.2. The number of anilines is 1. The Bertz CT molecular complexity index is 1330. The highest BCUT2D eigenvalue weighted by atomic mass is 19.1. The molecule has 1 aliphatic heterocycles. The van der Waals surface area contributed by atoms with Crippen LogP contribution in [0.3, 0.4) is 0 Å². The van der Waals surface area contributed by atoms with Crippen molar-refractivity contribution in [1.29, 1.82) is 0 Å². The molecule has 3 N–H and O–H groups in total. The molecule has 32 heavy (non-hydrogen) atoms. The molecule has 3 aromatic rings. The summed E-state index contributed by atoms with van der Waals surface area (Å²) in [5, 5.41) is 9.10. The lowest BCUT2D eigenvalue weighted by Gasteiger charge is -2.33. The average molecular weight is 444 g/mol. The van der Waals surface area contributed by atoms with E-state index >= 15 is 4.39 Å². The van der Waals surface area contributed by atoms with Gasteiger partial charge in [0.05, 0.1) is 11.1 Å². The molecule has 1 unspecified atom stereocenters. The van der Waals surface area contributed by atoms with Gasteiger partial charge in [0.1, 0.15) is 17.2 Å². The Morgan fingerprint density at radius 3 is 2.44 bits per heavy atom. The van der Waals surface area contributed by atoms with Crippen molar-refractivity contribution in [3.63, 3.8) is 0 Å². The highest BCUT2D eigenvalue weighted by molar-refractivity contribution is 5.92. The van der Waals surface area contributed by atoms with Crippen molar-refractivity contribution in [2.45, 2.75) is 25.3 Å². The van der Waals surface area contributed by atoms with E-state index in [9.17, 15) is 23.5 Å². The molecule has 1 aromatic carbocycles. The number of halogens is 3. The number of nitrogens with zero attached hydrogens (tertiary/aromatic N) is 3. The van der Waals surface area contributed by atoms with Gasteiger partial charge in [0.2, 0.25) is 5.43 Å². The number of rotatable bonds is 3. The minimum Gasteiger partial charge on any atom is -0.477 e. The Morgan fingerprint density at radius 2 is 1.84 bits per heavy atom. The van der Waals surface area contributed by atoms with Crippen LogP contribution in [0.2, 0.25) is 0 Å². The number of nitrogens with two attached hydrogens (primary N) is 1. The molecule has 0 bridgehead atoms. The third-order valence-corrected chi connectivity index (χ3v) is 6.62. The van der Waals surface area contributed by atoms with Crippen LogP contribution in [0.15, 0.2) is 35.3 Å². The van der Waals surface area contributed by atoms with E-state index in [0.29, 0.717) is 19.2 Å². The smallest absolute Gasteiger partial charge is 0.341 e. The maximum absolute atomic E-state index is 15.0. The summed E-state index contributed by atoms with van der Waals surface area (Å²) in [6, 6.07) is 3.81. The van der Waals surface area contributed by atoms with E-state index in [-0.39, 0.29) is 34.0 Å². The number of pyridine rings is 2. The first-order valence-corrected chi connectivity index (χ1v) is 10.2. The summed E-state index contributed by atoms with van der Waals surface area (Å²) in [6.07, 6.45) is 3.43. The number of fused-ring (bicyclic) bond motifs is 1. The Balaban J connectivity index is 1.69. The van der Waals surface area contributed by atoms with Gasteiger partial charge in [-0.3, -0.25) is 9.36 Å². The standard InChI is InChI=1S/C22H19F3N4O3/c23-11-1-2-16(14(24)7-11)29-10-13(21(31)32)18(30)12-8-15(25)20(27-19(12)29)28-5-3-22(4-6-28)9-17(22)26/h1-2,7-8,10,17H,3-6,9,26H2,(H,31,32). The van der Waals surface area contributed by atoms with Crippen LogP contribution < -0.4 is 16.1 Å². The summed E-state index contributed by atoms with van der Waals surface area (Å²) >= 11 is 0. The van der Waals surface area contributed by atoms with Crippen LogP contribution in [-0.4, -0.2) is 39.8 Å². The molecule has 2 fully saturated rings. The Hall–Kier alpha value is -3.40. The lowest BCUT2D eigenvalue weighted by atomic mass is 9.92. The maximum atomic E-state index is 15.0. The Kier molecular flexibility index (Phi) is 4.52. The lowest BCUT2D eigenvalue weighted by molar-refractivity contribution is 0.0695. The number of benzene rings is 1. The molecule has 0 amide bonds. The average Bonchev–Trinajstić information content (AvgIpc) is 3.37. The van der Waals surface area contributed by atoms with E-state index in [2.05, 4.69) is 4.98 Å². The highest BCUT2D eigenvalue weighted by Crippen LogP contribution is 2.52. The van der Waals surface area contributed by atoms with E-state index in [1.165, 1.54) is 0 Å². The number of hydrogen-bond donors (Lipinski definition) is 2. The van der Waals surface area contributed by atoms with Gasteiger partial charge < -0.3 is 15.7 Å². The fourth-order valence-electron chi connectivity index (χ4n) is 4.57. The molecule has 3 heterocycles. The molecule has 1 spiro atoms. The van der Waals surface area contributed by atoms with Crippen LogP contribution in [0.25, 0.3) is 16.7 Å². The van der Waals surface area contributed by atoms with Crippen molar-refractivity contribution >= 4 is 22.8 Å². The number of hydrogen-bond acceptors (Lipinski definition) is 5. The maximum Gasteiger partial charge on any atom is 0.341 e. The normalized spacial score (nSPS) is 19.5. The van der Waals surface area contributed by atoms with Gasteiger partial charge in [0.25, 0.3) is 0 Å². The number of piperidine rings is 1. The summed E-state index contributed by atoms with van der Waals surface area (Å²) < 4.78 is 44.0. The summed E-state index contributed by atoms with van der Waals surface area (Å²) in [5.41, 5.74) is 4.17. The zero-order valence-electron chi connectivity index (χ0n) is 16.8. The van der Waals surface area contributed by atoms with Crippen LogP contribution >= 0.6 is 0 Å². The van der Waals surface area contributed by atoms with E-state index in [0.717, 1.165) is 48.2 Å². The molecular formula is C22H19F3N4O3. The first kappa shape index (κ1) is 20.5. The van der Waals surface area contributed by atoms with Crippen molar-refractivity contribution in [2.24, 2.45) is 11.1 Å². The van der Waals surface area contributed by atoms with Gasteiger partial charge in [-0.1, -0.05) is 0 Å². The van der Waals surface area contributed by atoms with Gasteiger partial charge in [-0.05, 0) is 42.9 Å². The molecule has 10 heteroatoms. The van der Waals surface area contributed by atoms with Crippen molar-refractivity contribution < 1.29 is 23.1 Å². The molecule has 1 aliphatic carbocycles. The second-order valence-corrected chi connectivity index (χ2v) is 8.47. The number of carbonyl (C=O) groups is 1. The number of aromatic carboxylic acids is 1. The molecule has 1 saturated carbocycles. The fourth-order valence-corrected chi connectivity index (χ4v) is 4.57. The van der Waals surface area contributed by atoms with Gasteiger partial charge in [-0.25, -0.2) is 22.9 Å². The quantitative estimate of drug-likeness (QED) is 0.644.